The highest BCUT2D eigenvalue weighted by Crippen LogP contribution is 2.27. The molecule has 3 rings (SSSR count). The zero-order chi connectivity index (χ0) is 12.5. The molecule has 0 amide bonds. The maximum absolute atomic E-state index is 9.88. The third-order valence-corrected chi connectivity index (χ3v) is 4.05. The molecule has 0 aliphatic carbocycles. The molecule has 1 fully saturated rings. The lowest BCUT2D eigenvalue weighted by atomic mass is 10.1. The van der Waals surface area contributed by atoms with Gasteiger partial charge in [0.15, 0.2) is 5.82 Å². The van der Waals surface area contributed by atoms with E-state index in [4.69, 9.17) is 10.5 Å². The summed E-state index contributed by atoms with van der Waals surface area (Å²) in [6, 6.07) is 0. The van der Waals surface area contributed by atoms with Gasteiger partial charge in [0.05, 0.1) is 6.61 Å². The van der Waals surface area contributed by atoms with Crippen LogP contribution in [0.2, 0.25) is 0 Å². The zero-order valence-corrected chi connectivity index (χ0v) is 10.6. The lowest BCUT2D eigenvalue weighted by Crippen LogP contribution is -2.08. The molecule has 0 aromatic carbocycles. The molecule has 98 valence electrons. The number of hydrogen-bond acceptors (Lipinski definition) is 7. The van der Waals surface area contributed by atoms with Crippen molar-refractivity contribution >= 4 is 16.3 Å². The van der Waals surface area contributed by atoms with Gasteiger partial charge in [-0.2, -0.15) is 9.61 Å². The first-order valence-corrected chi connectivity index (χ1v) is 6.79. The van der Waals surface area contributed by atoms with Crippen molar-refractivity contribution < 1.29 is 9.84 Å². The minimum Gasteiger partial charge on any atom is -0.386 e. The van der Waals surface area contributed by atoms with Gasteiger partial charge >= 0.3 is 0 Å². The number of aliphatic hydroxyl groups is 1. The van der Waals surface area contributed by atoms with Gasteiger partial charge in [0.1, 0.15) is 11.1 Å². The molecule has 0 radical (unpaired) electrons. The smallest absolute Gasteiger partial charge is 0.234 e. The summed E-state index contributed by atoms with van der Waals surface area (Å²) in [5.74, 6) is 1.08. The maximum atomic E-state index is 9.88. The summed E-state index contributed by atoms with van der Waals surface area (Å²) < 4.78 is 7.07. The van der Waals surface area contributed by atoms with Gasteiger partial charge in [-0.3, -0.25) is 0 Å². The predicted octanol–water partition coefficient (Wildman–Crippen LogP) is 0.0719. The normalized spacial score (nSPS) is 21.8. The van der Waals surface area contributed by atoms with Crippen molar-refractivity contribution in [1.29, 1.82) is 0 Å². The standard InChI is InChI=1S/C10H15N5O2S/c11-3-1-7(16)9-14-15-8(6-2-4-17-5-6)12-13-10(15)18-9/h6-7,16H,1-5,11H2. The first kappa shape index (κ1) is 12.0. The van der Waals surface area contributed by atoms with E-state index in [1.54, 1.807) is 4.52 Å². The van der Waals surface area contributed by atoms with Crippen LogP contribution in [0, 0.1) is 0 Å². The van der Waals surface area contributed by atoms with E-state index in [0.29, 0.717) is 29.5 Å². The van der Waals surface area contributed by atoms with E-state index in [-0.39, 0.29) is 5.92 Å². The van der Waals surface area contributed by atoms with Gasteiger partial charge in [-0.05, 0) is 19.4 Å². The number of nitrogens with two attached hydrogens (primary N) is 1. The Morgan fingerprint density at radius 1 is 1.56 bits per heavy atom. The Morgan fingerprint density at radius 2 is 2.44 bits per heavy atom. The second-order valence-electron chi connectivity index (χ2n) is 4.35. The van der Waals surface area contributed by atoms with Crippen LogP contribution in [0.3, 0.4) is 0 Å². The highest BCUT2D eigenvalue weighted by Gasteiger charge is 2.25. The van der Waals surface area contributed by atoms with Crippen LogP contribution in [0.5, 0.6) is 0 Å². The zero-order valence-electron chi connectivity index (χ0n) is 9.82. The van der Waals surface area contributed by atoms with E-state index in [1.165, 1.54) is 11.3 Å². The topological polar surface area (TPSA) is 98.6 Å². The van der Waals surface area contributed by atoms with Crippen molar-refractivity contribution in [3.63, 3.8) is 0 Å². The Morgan fingerprint density at radius 3 is 3.17 bits per heavy atom. The molecule has 3 heterocycles. The monoisotopic (exact) mass is 269 g/mol. The van der Waals surface area contributed by atoms with E-state index in [2.05, 4.69) is 15.3 Å². The molecule has 2 aromatic heterocycles. The minimum atomic E-state index is -0.616. The molecule has 8 heteroatoms. The van der Waals surface area contributed by atoms with Crippen molar-refractivity contribution in [1.82, 2.24) is 19.8 Å². The number of hydrogen-bond donors (Lipinski definition) is 2. The largest absolute Gasteiger partial charge is 0.386 e. The minimum absolute atomic E-state index is 0.251. The fourth-order valence-electron chi connectivity index (χ4n) is 2.06. The molecule has 1 aliphatic heterocycles. The van der Waals surface area contributed by atoms with Crippen molar-refractivity contribution in [2.75, 3.05) is 19.8 Å². The molecule has 3 N–H and O–H groups in total. The van der Waals surface area contributed by atoms with E-state index in [9.17, 15) is 5.11 Å². The molecule has 2 aromatic rings. The van der Waals surface area contributed by atoms with Gasteiger partial charge in [-0.25, -0.2) is 0 Å². The molecular formula is C10H15N5O2S. The fourth-order valence-corrected chi connectivity index (χ4v) is 2.92. The summed E-state index contributed by atoms with van der Waals surface area (Å²) in [5, 5.41) is 23.2. The van der Waals surface area contributed by atoms with Gasteiger partial charge in [0.2, 0.25) is 4.96 Å². The van der Waals surface area contributed by atoms with Crippen LogP contribution in [0.25, 0.3) is 4.96 Å². The Labute approximate surface area is 108 Å². The molecular weight excluding hydrogens is 254 g/mol. The van der Waals surface area contributed by atoms with E-state index in [0.717, 1.165) is 18.9 Å². The second kappa shape index (κ2) is 4.88. The number of nitrogens with zero attached hydrogens (tertiary/aromatic N) is 4. The Bertz CT molecular complexity index is 533. The van der Waals surface area contributed by atoms with Crippen LogP contribution in [-0.2, 0) is 4.74 Å². The summed E-state index contributed by atoms with van der Waals surface area (Å²) >= 11 is 1.36. The molecule has 1 saturated heterocycles. The number of aromatic nitrogens is 4. The van der Waals surface area contributed by atoms with Gasteiger partial charge in [0.25, 0.3) is 0 Å². The summed E-state index contributed by atoms with van der Waals surface area (Å²) in [7, 11) is 0. The molecule has 2 atom stereocenters. The van der Waals surface area contributed by atoms with E-state index < -0.39 is 6.10 Å². The molecule has 0 saturated carbocycles. The van der Waals surface area contributed by atoms with Crippen LogP contribution in [0.4, 0.5) is 0 Å². The lowest BCUT2D eigenvalue weighted by molar-refractivity contribution is 0.168. The van der Waals surface area contributed by atoms with Crippen LogP contribution in [0.1, 0.15) is 35.7 Å². The molecule has 18 heavy (non-hydrogen) atoms. The van der Waals surface area contributed by atoms with Crippen LogP contribution >= 0.6 is 11.3 Å². The summed E-state index contributed by atoms with van der Waals surface area (Å²) in [6.45, 7) is 1.86. The predicted molar refractivity (Wildman–Crippen MR) is 65.5 cm³/mol. The molecule has 2 unspecified atom stereocenters. The Hall–Kier alpha value is -1.09. The van der Waals surface area contributed by atoms with Gasteiger partial charge in [-0.15, -0.1) is 10.2 Å². The third-order valence-electron chi connectivity index (χ3n) is 3.05. The van der Waals surface area contributed by atoms with Crippen molar-refractivity contribution in [2.45, 2.75) is 24.9 Å². The number of rotatable bonds is 4. The molecule has 0 spiro atoms. The molecule has 0 bridgehead atoms. The SMILES string of the molecule is NCCC(O)c1nn2c(C3CCOC3)nnc2s1. The van der Waals surface area contributed by atoms with E-state index in [1.807, 2.05) is 0 Å². The average molecular weight is 269 g/mol. The fraction of sp³-hybridized carbons (Fsp3) is 0.700. The van der Waals surface area contributed by atoms with Crippen molar-refractivity contribution in [2.24, 2.45) is 5.73 Å². The number of ether oxygens (including phenoxy) is 1. The maximum Gasteiger partial charge on any atom is 0.234 e. The Balaban J connectivity index is 1.92. The summed E-state index contributed by atoms with van der Waals surface area (Å²) in [6.07, 6.45) is 0.833. The average Bonchev–Trinajstić information content (AvgIpc) is 3.04. The second-order valence-corrected chi connectivity index (χ2v) is 5.33. The van der Waals surface area contributed by atoms with Crippen LogP contribution < -0.4 is 5.73 Å². The highest BCUT2D eigenvalue weighted by molar-refractivity contribution is 7.16. The number of aliphatic hydroxyl groups excluding tert-OH is 1. The summed E-state index contributed by atoms with van der Waals surface area (Å²) in [4.78, 5) is 0.711. The van der Waals surface area contributed by atoms with Crippen molar-refractivity contribution in [3.8, 4) is 0 Å². The van der Waals surface area contributed by atoms with Gasteiger partial charge in [0, 0.05) is 12.5 Å². The summed E-state index contributed by atoms with van der Waals surface area (Å²) in [5.41, 5.74) is 5.43. The van der Waals surface area contributed by atoms with Crippen LogP contribution in [0.15, 0.2) is 0 Å². The van der Waals surface area contributed by atoms with Crippen LogP contribution in [-0.4, -0.2) is 44.7 Å². The Kier molecular flexibility index (Phi) is 3.25. The first-order valence-electron chi connectivity index (χ1n) is 5.97. The first-order chi connectivity index (χ1) is 8.79. The third kappa shape index (κ3) is 2.01. The van der Waals surface area contributed by atoms with Gasteiger partial charge < -0.3 is 15.6 Å². The highest BCUT2D eigenvalue weighted by atomic mass is 32.1. The van der Waals surface area contributed by atoms with E-state index >= 15 is 0 Å². The molecule has 7 nitrogen and oxygen atoms in total. The molecule has 1 aliphatic rings. The quantitative estimate of drug-likeness (QED) is 0.815. The number of fused-ring (bicyclic) bond motifs is 1. The van der Waals surface area contributed by atoms with Crippen molar-refractivity contribution in [3.05, 3.63) is 10.8 Å². The lowest BCUT2D eigenvalue weighted by Gasteiger charge is -2.04. The van der Waals surface area contributed by atoms with Gasteiger partial charge in [-0.1, -0.05) is 11.3 Å².